The summed E-state index contributed by atoms with van der Waals surface area (Å²) in [7, 11) is 0. The molecule has 0 unspecified atom stereocenters. The number of phenolic OH excluding ortho intramolecular Hbond substituents is 5. The molecule has 0 amide bonds. The van der Waals surface area contributed by atoms with Crippen LogP contribution in [0.1, 0.15) is 11.1 Å². The maximum Gasteiger partial charge on any atom is 0.331 e. The van der Waals surface area contributed by atoms with Crippen LogP contribution in [0.3, 0.4) is 0 Å². The summed E-state index contributed by atoms with van der Waals surface area (Å²) in [5.41, 5.74) is -0.0633. The first-order chi connectivity index (χ1) is 25.9. The molecule has 0 saturated carbocycles. The lowest BCUT2D eigenvalue weighted by molar-refractivity contribution is -0.284. The number of fused-ring (bicyclic) bond motifs is 1. The van der Waals surface area contributed by atoms with Crippen LogP contribution in [0.15, 0.2) is 106 Å². The van der Waals surface area contributed by atoms with Gasteiger partial charge in [0.2, 0.25) is 17.5 Å². The smallest absolute Gasteiger partial charge is 0.331 e. The maximum atomic E-state index is 14.0. The molecular weight excluding hydrogens is 708 g/mol. The Morgan fingerprint density at radius 3 is 1.76 bits per heavy atom. The van der Waals surface area contributed by atoms with Crippen molar-refractivity contribution in [3.63, 3.8) is 0 Å². The third-order valence-corrected chi connectivity index (χ3v) is 8.19. The normalized spacial score (nSPS) is 19.9. The lowest BCUT2D eigenvalue weighted by Gasteiger charge is -2.42. The SMILES string of the molecule is O=C(/C=C/c1ccc(O)cc1)O[C@H]1[C@H](Oc2c(-c3ccc(O)cc3)oc3cc(O)cc(O)c3c2=O)O[C@H](CO)[C@@H](OC(=O)/C=C/c2ccc(O)cc2)[C@@H]1O. The Hall–Kier alpha value is -6.81. The number of rotatable bonds is 10. The van der Waals surface area contributed by atoms with Crippen LogP contribution >= 0.6 is 0 Å². The standard InChI is InChI=1S/C39H32O15/c40-19-29-36(52-30(46)15-5-20-1-9-23(41)10-2-20)34(49)38(53-31(47)16-6-21-3-11-24(42)12-4-21)39(51-29)54-37-33(48)32-27(45)17-26(44)18-28(32)50-35(37)22-7-13-25(43)14-8-22/h1-18,29,34,36,38-45,49H,19H2/b15-5+,16-6+/t29-,34+,36-,38-,39+/m1/s1. The highest BCUT2D eigenvalue weighted by Gasteiger charge is 2.51. The van der Waals surface area contributed by atoms with Crippen molar-refractivity contribution in [3.8, 4) is 45.8 Å². The Morgan fingerprint density at radius 1 is 0.704 bits per heavy atom. The number of aromatic hydroxyl groups is 5. The first-order valence-corrected chi connectivity index (χ1v) is 16.2. The van der Waals surface area contributed by atoms with Gasteiger partial charge in [-0.15, -0.1) is 0 Å². The average molecular weight is 741 g/mol. The number of hydrogen-bond donors (Lipinski definition) is 7. The molecule has 1 aromatic heterocycles. The third-order valence-electron chi connectivity index (χ3n) is 8.19. The molecule has 1 aliphatic heterocycles. The lowest BCUT2D eigenvalue weighted by Crippen LogP contribution is -2.62. The molecule has 1 saturated heterocycles. The second-order valence-electron chi connectivity index (χ2n) is 12.0. The van der Waals surface area contributed by atoms with Gasteiger partial charge in [-0.3, -0.25) is 4.79 Å². The zero-order valence-electron chi connectivity index (χ0n) is 27.9. The van der Waals surface area contributed by atoms with Crippen LogP contribution in [-0.4, -0.2) is 85.0 Å². The van der Waals surface area contributed by atoms with Crippen molar-refractivity contribution in [2.45, 2.75) is 30.7 Å². The highest BCUT2D eigenvalue weighted by molar-refractivity contribution is 5.89. The molecule has 7 N–H and O–H groups in total. The molecule has 1 fully saturated rings. The fourth-order valence-corrected chi connectivity index (χ4v) is 5.55. The molecule has 5 atom stereocenters. The molecule has 2 heterocycles. The van der Waals surface area contributed by atoms with Gasteiger partial charge in [0.1, 0.15) is 51.9 Å². The number of carbonyl (C=O) groups is 2. The molecule has 5 aromatic rings. The molecule has 0 radical (unpaired) electrons. The van der Waals surface area contributed by atoms with E-state index in [1.807, 2.05) is 0 Å². The Kier molecular flexibility index (Phi) is 10.8. The maximum absolute atomic E-state index is 14.0. The van der Waals surface area contributed by atoms with Gasteiger partial charge in [-0.1, -0.05) is 24.3 Å². The Bertz CT molecular complexity index is 2260. The molecule has 15 heteroatoms. The Morgan fingerprint density at radius 2 is 1.22 bits per heavy atom. The van der Waals surface area contributed by atoms with E-state index < -0.39 is 77.3 Å². The van der Waals surface area contributed by atoms with Crippen LogP contribution in [0.5, 0.6) is 34.5 Å². The van der Waals surface area contributed by atoms with E-state index in [2.05, 4.69) is 0 Å². The van der Waals surface area contributed by atoms with Crippen molar-refractivity contribution in [1.82, 2.24) is 0 Å². The molecule has 0 spiro atoms. The van der Waals surface area contributed by atoms with E-state index in [1.54, 1.807) is 0 Å². The summed E-state index contributed by atoms with van der Waals surface area (Å²) in [5, 5.41) is 71.1. The van der Waals surface area contributed by atoms with Crippen molar-refractivity contribution < 1.29 is 68.7 Å². The summed E-state index contributed by atoms with van der Waals surface area (Å²) in [6.45, 7) is -0.866. The van der Waals surface area contributed by atoms with Gasteiger partial charge in [-0.05, 0) is 71.8 Å². The van der Waals surface area contributed by atoms with Gasteiger partial charge in [0.25, 0.3) is 0 Å². The van der Waals surface area contributed by atoms with Gasteiger partial charge in [-0.25, -0.2) is 9.59 Å². The van der Waals surface area contributed by atoms with Gasteiger partial charge in [-0.2, -0.15) is 0 Å². The summed E-state index contributed by atoms with van der Waals surface area (Å²) in [6, 6.07) is 18.9. The lowest BCUT2D eigenvalue weighted by atomic mass is 9.98. The van der Waals surface area contributed by atoms with Gasteiger partial charge in [0, 0.05) is 29.8 Å². The van der Waals surface area contributed by atoms with Crippen molar-refractivity contribution in [1.29, 1.82) is 0 Å². The number of esters is 2. The fourth-order valence-electron chi connectivity index (χ4n) is 5.55. The summed E-state index contributed by atoms with van der Waals surface area (Å²) in [5.74, 6) is -4.20. The molecule has 0 aliphatic carbocycles. The summed E-state index contributed by atoms with van der Waals surface area (Å²) >= 11 is 0. The highest BCUT2D eigenvalue weighted by atomic mass is 16.7. The Balaban J connectivity index is 1.37. The van der Waals surface area contributed by atoms with Crippen LogP contribution in [0.2, 0.25) is 0 Å². The van der Waals surface area contributed by atoms with E-state index in [0.717, 1.165) is 24.3 Å². The van der Waals surface area contributed by atoms with Crippen LogP contribution in [0.4, 0.5) is 0 Å². The third kappa shape index (κ3) is 8.29. The molecule has 6 rings (SSSR count). The minimum absolute atomic E-state index is 0.00556. The first-order valence-electron chi connectivity index (χ1n) is 16.2. The summed E-state index contributed by atoms with van der Waals surface area (Å²) in [4.78, 5) is 40.1. The van der Waals surface area contributed by atoms with Crippen molar-refractivity contribution >= 4 is 35.1 Å². The second kappa shape index (κ2) is 15.8. The number of hydrogen-bond acceptors (Lipinski definition) is 15. The van der Waals surface area contributed by atoms with Crippen LogP contribution in [-0.2, 0) is 23.8 Å². The number of benzene rings is 4. The number of carbonyl (C=O) groups excluding carboxylic acids is 2. The van der Waals surface area contributed by atoms with Crippen molar-refractivity contribution in [2.24, 2.45) is 0 Å². The topological polar surface area (TPSA) is 243 Å². The van der Waals surface area contributed by atoms with E-state index >= 15 is 0 Å². The number of aliphatic hydroxyl groups excluding tert-OH is 2. The zero-order chi connectivity index (χ0) is 38.5. The van der Waals surface area contributed by atoms with Gasteiger partial charge in [0.05, 0.1) is 6.61 Å². The Labute approximate surface area is 305 Å². The van der Waals surface area contributed by atoms with Crippen LogP contribution in [0, 0.1) is 0 Å². The molecule has 0 bridgehead atoms. The van der Waals surface area contributed by atoms with Gasteiger partial charge in [0.15, 0.2) is 18.0 Å². The van der Waals surface area contributed by atoms with Crippen molar-refractivity contribution in [3.05, 3.63) is 118 Å². The number of phenols is 5. The fraction of sp³-hybridized carbons (Fsp3) is 0.154. The van der Waals surface area contributed by atoms with E-state index in [0.29, 0.717) is 11.1 Å². The van der Waals surface area contributed by atoms with E-state index in [1.165, 1.54) is 84.9 Å². The molecule has 4 aromatic carbocycles. The highest BCUT2D eigenvalue weighted by Crippen LogP contribution is 2.38. The minimum Gasteiger partial charge on any atom is -0.508 e. The van der Waals surface area contributed by atoms with E-state index in [-0.39, 0.29) is 34.2 Å². The van der Waals surface area contributed by atoms with Crippen LogP contribution in [0.25, 0.3) is 34.4 Å². The number of aliphatic hydroxyl groups is 2. The predicted molar refractivity (Wildman–Crippen MR) is 189 cm³/mol. The molecular formula is C39H32O15. The summed E-state index contributed by atoms with van der Waals surface area (Å²) in [6.07, 6.45) is -4.18. The molecule has 1 aliphatic rings. The van der Waals surface area contributed by atoms with E-state index in [9.17, 15) is 50.1 Å². The monoisotopic (exact) mass is 740 g/mol. The quantitative estimate of drug-likeness (QED) is 0.0798. The largest absolute Gasteiger partial charge is 0.508 e. The number of ether oxygens (including phenoxy) is 4. The first kappa shape index (κ1) is 37.0. The molecule has 15 nitrogen and oxygen atoms in total. The van der Waals surface area contributed by atoms with E-state index in [4.69, 9.17) is 23.4 Å². The second-order valence-corrected chi connectivity index (χ2v) is 12.0. The van der Waals surface area contributed by atoms with Crippen molar-refractivity contribution in [2.75, 3.05) is 6.61 Å². The average Bonchev–Trinajstić information content (AvgIpc) is 3.14. The molecule has 54 heavy (non-hydrogen) atoms. The zero-order valence-corrected chi connectivity index (χ0v) is 27.9. The summed E-state index contributed by atoms with van der Waals surface area (Å²) < 4.78 is 28.9. The minimum atomic E-state index is -1.95. The van der Waals surface area contributed by atoms with Gasteiger partial charge < -0.3 is 59.1 Å². The van der Waals surface area contributed by atoms with Crippen LogP contribution < -0.4 is 10.2 Å². The molecule has 278 valence electrons. The predicted octanol–water partition coefficient (Wildman–Crippen LogP) is 3.70. The van der Waals surface area contributed by atoms with Gasteiger partial charge >= 0.3 is 11.9 Å².